The molecule has 2 aromatic heterocycles. The molecule has 1 aliphatic rings. The lowest BCUT2D eigenvalue weighted by Crippen LogP contribution is -2.41. The second-order valence-corrected chi connectivity index (χ2v) is 8.45. The molecule has 32 heavy (non-hydrogen) atoms. The molecule has 0 atom stereocenters. The third-order valence-corrected chi connectivity index (χ3v) is 5.81. The summed E-state index contributed by atoms with van der Waals surface area (Å²) in [7, 11) is 0. The van der Waals surface area contributed by atoms with Gasteiger partial charge in [-0.3, -0.25) is 5.43 Å². The normalized spacial score (nSPS) is 13.7. The fraction of sp³-hybridized carbons (Fsp3) is 0.0909. The monoisotopic (exact) mass is 486 g/mol. The fourth-order valence-corrected chi connectivity index (χ4v) is 4.14. The van der Waals surface area contributed by atoms with Gasteiger partial charge in [-0.15, -0.1) is 10.2 Å². The summed E-state index contributed by atoms with van der Waals surface area (Å²) in [6.45, 7) is 2.47. The summed E-state index contributed by atoms with van der Waals surface area (Å²) >= 11 is 18.8. The summed E-state index contributed by atoms with van der Waals surface area (Å²) in [5.41, 5.74) is 10.3. The van der Waals surface area contributed by atoms with Crippen molar-refractivity contribution < 1.29 is 4.42 Å². The number of furan rings is 1. The summed E-state index contributed by atoms with van der Waals surface area (Å²) in [4.78, 5) is 0. The van der Waals surface area contributed by atoms with Crippen LogP contribution in [0.2, 0.25) is 15.1 Å². The van der Waals surface area contributed by atoms with Crippen molar-refractivity contribution in [3.05, 3.63) is 92.9 Å². The SMILES string of the molecule is Cc1c(C2=NNN(Cc3ccco3)N2)nn(-c2ccc(Cl)cc2Cl)c1-c1ccc(Cl)cc1. The molecule has 0 fully saturated rings. The Morgan fingerprint density at radius 2 is 1.78 bits per heavy atom. The Morgan fingerprint density at radius 1 is 1.00 bits per heavy atom. The summed E-state index contributed by atoms with van der Waals surface area (Å²) in [6.07, 6.45) is 1.63. The number of amidine groups is 1. The number of halogens is 3. The zero-order chi connectivity index (χ0) is 22.2. The third-order valence-electron chi connectivity index (χ3n) is 5.02. The Morgan fingerprint density at radius 3 is 2.50 bits per heavy atom. The number of hydrazine groups is 2. The van der Waals surface area contributed by atoms with Gasteiger partial charge in [0.2, 0.25) is 0 Å². The molecule has 7 nitrogen and oxygen atoms in total. The second kappa shape index (κ2) is 8.52. The topological polar surface area (TPSA) is 70.6 Å². The lowest BCUT2D eigenvalue weighted by Gasteiger charge is -2.13. The van der Waals surface area contributed by atoms with Crippen molar-refractivity contribution in [1.82, 2.24) is 25.9 Å². The first kappa shape index (κ1) is 20.9. The van der Waals surface area contributed by atoms with Crippen molar-refractivity contribution >= 4 is 40.6 Å². The Bertz CT molecular complexity index is 1300. The highest BCUT2D eigenvalue weighted by molar-refractivity contribution is 6.35. The van der Waals surface area contributed by atoms with Crippen LogP contribution in [0.4, 0.5) is 0 Å². The van der Waals surface area contributed by atoms with Gasteiger partial charge >= 0.3 is 0 Å². The van der Waals surface area contributed by atoms with E-state index in [2.05, 4.69) is 16.1 Å². The minimum Gasteiger partial charge on any atom is -0.468 e. The molecule has 1 aliphatic heterocycles. The molecule has 0 saturated heterocycles. The van der Waals surface area contributed by atoms with Crippen LogP contribution in [-0.4, -0.2) is 20.7 Å². The number of rotatable bonds is 5. The largest absolute Gasteiger partial charge is 0.468 e. The standard InChI is InChI=1S/C22H17Cl3N6O/c1-13-20(22-26-29-30(28-22)12-17-3-2-10-32-17)27-31(19-9-8-16(24)11-18(19)25)21(13)14-4-6-15(23)7-5-14/h2-11,29H,12H2,1H3,(H,26,28). The third kappa shape index (κ3) is 3.96. The molecule has 4 aromatic rings. The highest BCUT2D eigenvalue weighted by atomic mass is 35.5. The quantitative estimate of drug-likeness (QED) is 0.384. The lowest BCUT2D eigenvalue weighted by molar-refractivity contribution is 0.156. The molecule has 0 amide bonds. The van der Waals surface area contributed by atoms with Crippen molar-refractivity contribution in [3.63, 3.8) is 0 Å². The van der Waals surface area contributed by atoms with Crippen molar-refractivity contribution in [2.24, 2.45) is 5.10 Å². The van der Waals surface area contributed by atoms with Crippen LogP contribution in [-0.2, 0) is 6.54 Å². The summed E-state index contributed by atoms with van der Waals surface area (Å²) in [6, 6.07) is 16.6. The van der Waals surface area contributed by atoms with Crippen LogP contribution in [0.3, 0.4) is 0 Å². The van der Waals surface area contributed by atoms with Crippen LogP contribution in [0.1, 0.15) is 17.0 Å². The Kier molecular flexibility index (Phi) is 5.57. The van der Waals surface area contributed by atoms with Crippen LogP contribution in [0.15, 0.2) is 70.4 Å². The molecule has 0 bridgehead atoms. The summed E-state index contributed by atoms with van der Waals surface area (Å²) in [5, 5.41) is 12.7. The highest BCUT2D eigenvalue weighted by Gasteiger charge is 2.26. The number of aromatic nitrogens is 2. The molecular formula is C22H17Cl3N6O. The molecule has 5 rings (SSSR count). The van der Waals surface area contributed by atoms with Gasteiger partial charge in [-0.2, -0.15) is 5.10 Å². The minimum absolute atomic E-state index is 0.479. The predicted octanol–water partition coefficient (Wildman–Crippen LogP) is 5.59. The van der Waals surface area contributed by atoms with Gasteiger partial charge in [-0.1, -0.05) is 46.9 Å². The maximum Gasteiger partial charge on any atom is 0.191 e. The Balaban J connectivity index is 1.56. The van der Waals surface area contributed by atoms with E-state index >= 15 is 0 Å². The number of hydrogen-bond donors (Lipinski definition) is 2. The van der Waals surface area contributed by atoms with Crippen molar-refractivity contribution in [2.45, 2.75) is 13.5 Å². The van der Waals surface area contributed by atoms with E-state index in [0.29, 0.717) is 38.8 Å². The first-order valence-corrected chi connectivity index (χ1v) is 10.8. The van der Waals surface area contributed by atoms with E-state index in [1.165, 1.54) is 0 Å². The number of hydrazone groups is 1. The zero-order valence-electron chi connectivity index (χ0n) is 16.8. The lowest BCUT2D eigenvalue weighted by atomic mass is 10.1. The zero-order valence-corrected chi connectivity index (χ0v) is 19.1. The fourth-order valence-electron chi connectivity index (χ4n) is 3.52. The van der Waals surface area contributed by atoms with Gasteiger partial charge in [0.1, 0.15) is 11.5 Å². The minimum atomic E-state index is 0.479. The van der Waals surface area contributed by atoms with Gasteiger partial charge in [-0.05, 0) is 49.4 Å². The average Bonchev–Trinajstić information content (AvgIpc) is 3.50. The van der Waals surface area contributed by atoms with Crippen LogP contribution < -0.4 is 11.0 Å². The van der Waals surface area contributed by atoms with Crippen molar-refractivity contribution in [1.29, 1.82) is 0 Å². The van der Waals surface area contributed by atoms with Crippen LogP contribution >= 0.6 is 34.8 Å². The van der Waals surface area contributed by atoms with E-state index in [9.17, 15) is 0 Å². The number of nitrogens with one attached hydrogen (secondary N) is 2. The molecule has 2 N–H and O–H groups in total. The maximum absolute atomic E-state index is 6.53. The van der Waals surface area contributed by atoms with E-state index < -0.39 is 0 Å². The summed E-state index contributed by atoms with van der Waals surface area (Å²) < 4.78 is 7.20. The Labute approximate surface area is 199 Å². The van der Waals surface area contributed by atoms with E-state index in [-0.39, 0.29) is 0 Å². The van der Waals surface area contributed by atoms with E-state index in [1.54, 1.807) is 28.2 Å². The number of nitrogens with zero attached hydrogens (tertiary/aromatic N) is 4. The van der Waals surface area contributed by atoms with Crippen molar-refractivity contribution in [3.8, 4) is 16.9 Å². The smallest absolute Gasteiger partial charge is 0.191 e. The van der Waals surface area contributed by atoms with Gasteiger partial charge in [-0.25, -0.2) is 10.2 Å². The molecule has 0 saturated carbocycles. The van der Waals surface area contributed by atoms with Crippen LogP contribution in [0.25, 0.3) is 16.9 Å². The average molecular weight is 488 g/mol. The van der Waals surface area contributed by atoms with E-state index in [4.69, 9.17) is 44.3 Å². The van der Waals surface area contributed by atoms with E-state index in [0.717, 1.165) is 22.6 Å². The highest BCUT2D eigenvalue weighted by Crippen LogP contribution is 2.33. The Hall–Kier alpha value is -2.97. The molecule has 10 heteroatoms. The molecule has 3 heterocycles. The molecular weight excluding hydrogens is 471 g/mol. The molecule has 0 spiro atoms. The number of benzene rings is 2. The summed E-state index contributed by atoms with van der Waals surface area (Å²) in [5.74, 6) is 1.37. The van der Waals surface area contributed by atoms with Crippen LogP contribution in [0.5, 0.6) is 0 Å². The van der Waals surface area contributed by atoms with Gasteiger partial charge in [0.15, 0.2) is 5.84 Å². The van der Waals surface area contributed by atoms with Crippen LogP contribution in [0, 0.1) is 6.92 Å². The van der Waals surface area contributed by atoms with Gasteiger partial charge < -0.3 is 4.42 Å². The first-order valence-electron chi connectivity index (χ1n) is 9.71. The molecule has 0 radical (unpaired) electrons. The van der Waals surface area contributed by atoms with Crippen molar-refractivity contribution in [2.75, 3.05) is 0 Å². The van der Waals surface area contributed by atoms with Gasteiger partial charge in [0, 0.05) is 21.2 Å². The first-order chi connectivity index (χ1) is 15.5. The molecule has 2 aromatic carbocycles. The second-order valence-electron chi connectivity index (χ2n) is 7.17. The maximum atomic E-state index is 6.53. The molecule has 0 unspecified atom stereocenters. The molecule has 162 valence electrons. The molecule has 0 aliphatic carbocycles. The van der Waals surface area contributed by atoms with E-state index in [1.807, 2.05) is 49.4 Å². The predicted molar refractivity (Wildman–Crippen MR) is 126 cm³/mol. The van der Waals surface area contributed by atoms with Gasteiger partial charge in [0.05, 0.1) is 29.2 Å². The van der Waals surface area contributed by atoms with Gasteiger partial charge in [0.25, 0.3) is 0 Å². The number of hydrogen-bond acceptors (Lipinski definition) is 6.